The Morgan fingerprint density at radius 1 is 1.09 bits per heavy atom. The normalized spacial score (nSPS) is 40.0. The van der Waals surface area contributed by atoms with Gasteiger partial charge >= 0.3 is 0 Å². The fourth-order valence-electron chi connectivity index (χ4n) is 8.95. The fourth-order valence-corrected chi connectivity index (χ4v) is 10.4. The Kier molecular flexibility index (Phi) is 7.85. The average molecular weight is 589 g/mol. The molecule has 0 amide bonds. The molecule has 0 heterocycles. The molecule has 3 heteroatoms. The van der Waals surface area contributed by atoms with Crippen LogP contribution < -0.4 is 0 Å². The van der Waals surface area contributed by atoms with Gasteiger partial charge in [0, 0.05) is 12.0 Å². The summed E-state index contributed by atoms with van der Waals surface area (Å²) in [6, 6.07) is 10.5. The van der Waals surface area contributed by atoms with Crippen molar-refractivity contribution in [3.63, 3.8) is 0 Å². The molecule has 1 nitrogen and oxygen atoms in total. The van der Waals surface area contributed by atoms with E-state index < -0.39 is 0 Å². The van der Waals surface area contributed by atoms with Crippen molar-refractivity contribution >= 4 is 28.5 Å². The maximum atomic E-state index is 6.07. The quantitative estimate of drug-likeness (QED) is 0.144. The smallest absolute Gasteiger partial charge is 0.0797 e. The third-order valence-electron chi connectivity index (χ3n) is 10.8. The third-order valence-corrected chi connectivity index (χ3v) is 11.9. The van der Waals surface area contributed by atoms with Crippen molar-refractivity contribution in [1.82, 2.24) is 0 Å². The zero-order chi connectivity index (χ0) is 23.8. The van der Waals surface area contributed by atoms with Gasteiger partial charge in [-0.1, -0.05) is 62.5 Å². The van der Waals surface area contributed by atoms with Crippen LogP contribution in [0.25, 0.3) is 0 Å². The maximum Gasteiger partial charge on any atom is 0.0797 e. The molecule has 4 aliphatic carbocycles. The number of rotatable bonds is 5. The van der Waals surface area contributed by atoms with Gasteiger partial charge in [-0.25, -0.2) is 0 Å². The first-order valence-corrected chi connectivity index (χ1v) is 17.7. The van der Waals surface area contributed by atoms with E-state index in [0.29, 0.717) is 23.4 Å². The van der Waals surface area contributed by atoms with Crippen LogP contribution in [0, 0.1) is 52.3 Å². The van der Waals surface area contributed by atoms with Crippen molar-refractivity contribution < 1.29 is 4.52 Å². The second-order valence-corrected chi connectivity index (χ2v) is 13.9. The van der Waals surface area contributed by atoms with Crippen LogP contribution in [0.1, 0.15) is 90.5 Å². The summed E-state index contributed by atoms with van der Waals surface area (Å²) < 4.78 is 6.07. The van der Waals surface area contributed by atoms with Gasteiger partial charge in [0.05, 0.1) is 12.6 Å². The molecule has 1 aromatic rings. The Morgan fingerprint density at radius 3 is 2.71 bits per heavy atom. The summed E-state index contributed by atoms with van der Waals surface area (Å²) in [7, 11) is 0. The van der Waals surface area contributed by atoms with Crippen LogP contribution in [0.4, 0.5) is 0 Å². The molecule has 0 spiro atoms. The number of benzene rings is 1. The lowest BCUT2D eigenvalue weighted by atomic mass is 9.47. The fraction of sp³-hybridized carbons (Fsp3) is 0.677. The average Bonchev–Trinajstić information content (AvgIpc) is 3.20. The van der Waals surface area contributed by atoms with Gasteiger partial charge in [-0.05, 0) is 132 Å². The number of allylic oxidation sites excluding steroid dienone is 1. The van der Waals surface area contributed by atoms with Gasteiger partial charge in [-0.3, -0.25) is 0 Å². The van der Waals surface area contributed by atoms with Crippen LogP contribution >= 0.6 is 28.5 Å². The highest BCUT2D eigenvalue weighted by atomic mass is 127. The van der Waals surface area contributed by atoms with Crippen LogP contribution in [0.15, 0.2) is 42.0 Å². The lowest BCUT2D eigenvalue weighted by Crippen LogP contribution is -2.50. The van der Waals surface area contributed by atoms with Crippen molar-refractivity contribution in [3.8, 4) is 11.8 Å². The number of hydrogen-bond donors (Lipinski definition) is 0. The van der Waals surface area contributed by atoms with E-state index in [4.69, 9.17) is 4.52 Å². The van der Waals surface area contributed by atoms with E-state index in [9.17, 15) is 0 Å². The molecule has 0 N–H and O–H groups in total. The first-order chi connectivity index (χ1) is 16.5. The number of fused-ring (bicyclic) bond motifs is 5. The van der Waals surface area contributed by atoms with Crippen molar-refractivity contribution in [2.75, 3.05) is 0 Å². The van der Waals surface area contributed by atoms with Gasteiger partial charge in [0.2, 0.25) is 0 Å². The topological polar surface area (TPSA) is 9.23 Å². The Morgan fingerprint density at radius 2 is 1.91 bits per heavy atom. The van der Waals surface area contributed by atoms with Crippen LogP contribution in [-0.2, 0) is 4.52 Å². The van der Waals surface area contributed by atoms with Crippen LogP contribution in [0.5, 0.6) is 0 Å². The molecule has 5 rings (SSSR count). The van der Waals surface area contributed by atoms with E-state index >= 15 is 0 Å². The molecule has 184 valence electrons. The van der Waals surface area contributed by atoms with Gasteiger partial charge in [0.15, 0.2) is 0 Å². The molecule has 4 aliphatic rings. The van der Waals surface area contributed by atoms with E-state index in [1.54, 1.807) is 5.57 Å². The van der Waals surface area contributed by atoms with Crippen molar-refractivity contribution in [2.45, 2.75) is 91.1 Å². The van der Waals surface area contributed by atoms with Gasteiger partial charge in [0.1, 0.15) is 0 Å². The minimum Gasteiger partial charge on any atom is -0.348 e. The zero-order valence-corrected chi connectivity index (χ0v) is 24.4. The lowest BCUT2D eigenvalue weighted by Gasteiger charge is -2.58. The molecule has 0 saturated heterocycles. The molecule has 34 heavy (non-hydrogen) atoms. The molecule has 9 atom stereocenters. The molecule has 0 bridgehead atoms. The van der Waals surface area contributed by atoms with E-state index in [-0.39, 0.29) is 0 Å². The zero-order valence-electron chi connectivity index (χ0n) is 21.3. The molecular weight excluding hydrogens is 546 g/mol. The van der Waals surface area contributed by atoms with Crippen molar-refractivity contribution in [1.29, 1.82) is 0 Å². The predicted octanol–water partition coefficient (Wildman–Crippen LogP) is 9.36. The molecule has 0 aromatic heterocycles. The Hall–Kier alpha value is -0.360. The summed E-state index contributed by atoms with van der Waals surface area (Å²) in [6.07, 6.45) is 16.4. The predicted molar refractivity (Wildman–Crippen MR) is 154 cm³/mol. The first-order valence-electron chi connectivity index (χ1n) is 13.7. The monoisotopic (exact) mass is 588 g/mol. The SMILES string of the molecule is C[C@H](CCC#Cc1ccccc1)[C@H]1CC[C@H]2[C@@H]3CC=C4C[C@@H](OPI)CC[C@]4(C)[C@H]3CC[C@]12C. The number of halogens is 1. The van der Waals surface area contributed by atoms with Gasteiger partial charge in [-0.2, -0.15) is 0 Å². The van der Waals surface area contributed by atoms with E-state index in [2.05, 4.69) is 91.1 Å². The second-order valence-electron chi connectivity index (χ2n) is 12.2. The summed E-state index contributed by atoms with van der Waals surface area (Å²) in [6.45, 7) is 8.44. The molecule has 0 aliphatic heterocycles. The van der Waals surface area contributed by atoms with E-state index in [0.717, 1.165) is 41.6 Å². The molecule has 1 aromatic carbocycles. The van der Waals surface area contributed by atoms with Crippen LogP contribution in [0.3, 0.4) is 0 Å². The highest BCUT2D eigenvalue weighted by molar-refractivity contribution is 14.2. The highest BCUT2D eigenvalue weighted by Gasteiger charge is 2.59. The minimum absolute atomic E-state index is 0.440. The second kappa shape index (κ2) is 10.6. The van der Waals surface area contributed by atoms with Crippen LogP contribution in [0.2, 0.25) is 0 Å². The largest absolute Gasteiger partial charge is 0.348 e. The van der Waals surface area contributed by atoms with Crippen molar-refractivity contribution in [3.05, 3.63) is 47.5 Å². The Labute approximate surface area is 223 Å². The summed E-state index contributed by atoms with van der Waals surface area (Å²) in [5, 5.41) is 0. The summed E-state index contributed by atoms with van der Waals surface area (Å²) in [4.78, 5) is 0. The highest BCUT2D eigenvalue weighted by Crippen LogP contribution is 2.67. The number of hydrogen-bond acceptors (Lipinski definition) is 1. The summed E-state index contributed by atoms with van der Waals surface area (Å²) in [5.74, 6) is 11.2. The van der Waals surface area contributed by atoms with E-state index in [1.165, 1.54) is 57.8 Å². The summed E-state index contributed by atoms with van der Waals surface area (Å²) >= 11 is 2.39. The van der Waals surface area contributed by atoms with Gasteiger partial charge in [-0.15, -0.1) is 0 Å². The molecule has 1 unspecified atom stereocenters. The minimum atomic E-state index is 0.440. The van der Waals surface area contributed by atoms with Gasteiger partial charge < -0.3 is 4.52 Å². The first kappa shape index (κ1) is 25.3. The maximum absolute atomic E-state index is 6.07. The van der Waals surface area contributed by atoms with Crippen LogP contribution in [-0.4, -0.2) is 6.10 Å². The van der Waals surface area contributed by atoms with Gasteiger partial charge in [0.25, 0.3) is 0 Å². The standard InChI is InChI=1S/C31H42IOP/c1-22(9-7-8-12-23-10-5-4-6-11-23)27-15-16-28-26-14-13-24-21-25(33-34-32)17-19-30(24,2)29(26)18-20-31(27,28)3/h4-6,10-11,13,22,25-29,34H,7,9,14-21H2,1-3H3/t22-,25+,26+,27-,28+,29+,30+,31-/m1/s1. The van der Waals surface area contributed by atoms with Crippen molar-refractivity contribution in [2.24, 2.45) is 40.4 Å². The molecule has 3 fully saturated rings. The third kappa shape index (κ3) is 4.68. The molecular formula is C31H42IOP. The summed E-state index contributed by atoms with van der Waals surface area (Å²) in [5.41, 5.74) is 3.88. The molecule has 3 saturated carbocycles. The lowest BCUT2D eigenvalue weighted by molar-refractivity contribution is -0.0550. The van der Waals surface area contributed by atoms with E-state index in [1.807, 2.05) is 0 Å². The Bertz CT molecular complexity index is 947. The Balaban J connectivity index is 1.25. The molecule has 0 radical (unpaired) electrons.